The van der Waals surface area contributed by atoms with E-state index in [0.717, 1.165) is 31.4 Å². The van der Waals surface area contributed by atoms with E-state index in [1.165, 1.54) is 0 Å². The summed E-state index contributed by atoms with van der Waals surface area (Å²) in [5.74, 6) is 1.29. The van der Waals surface area contributed by atoms with E-state index in [1.54, 1.807) is 11.0 Å². The van der Waals surface area contributed by atoms with E-state index in [4.69, 9.17) is 9.63 Å². The normalized spacial score (nSPS) is 23.1. The Morgan fingerprint density at radius 1 is 1.45 bits per heavy atom. The minimum atomic E-state index is -0.0758. The molecule has 0 spiro atoms. The van der Waals surface area contributed by atoms with Crippen LogP contribution in [-0.2, 0) is 0 Å². The summed E-state index contributed by atoms with van der Waals surface area (Å²) in [5.41, 5.74) is 0.389. The number of aromatic nitrogens is 1. The summed E-state index contributed by atoms with van der Waals surface area (Å²) in [6.45, 7) is 4.27. The Bertz CT molecular complexity index is 448. The van der Waals surface area contributed by atoms with Crippen LogP contribution in [0.1, 0.15) is 61.7 Å². The van der Waals surface area contributed by atoms with Crippen molar-refractivity contribution in [3.8, 4) is 0 Å². The lowest BCUT2D eigenvalue weighted by Gasteiger charge is -2.33. The summed E-state index contributed by atoms with van der Waals surface area (Å²) in [7, 11) is 1.83. The summed E-state index contributed by atoms with van der Waals surface area (Å²) >= 11 is 0. The van der Waals surface area contributed by atoms with Gasteiger partial charge in [-0.1, -0.05) is 19.0 Å². The van der Waals surface area contributed by atoms with Gasteiger partial charge in [0, 0.05) is 31.7 Å². The van der Waals surface area contributed by atoms with Crippen LogP contribution >= 0.6 is 0 Å². The van der Waals surface area contributed by atoms with Crippen molar-refractivity contribution < 1.29 is 14.4 Å². The van der Waals surface area contributed by atoms with Crippen molar-refractivity contribution in [3.63, 3.8) is 0 Å². The predicted molar refractivity (Wildman–Crippen MR) is 75.5 cm³/mol. The second-order valence-corrected chi connectivity index (χ2v) is 6.04. The minimum absolute atomic E-state index is 0.0758. The number of hydrogen-bond acceptors (Lipinski definition) is 4. The molecule has 1 N–H and O–H groups in total. The maximum Gasteiger partial charge on any atom is 0.276 e. The first-order valence-corrected chi connectivity index (χ1v) is 7.37. The van der Waals surface area contributed by atoms with Crippen molar-refractivity contribution in [1.29, 1.82) is 0 Å². The smallest absolute Gasteiger partial charge is 0.276 e. The summed E-state index contributed by atoms with van der Waals surface area (Å²) in [4.78, 5) is 14.2. The average molecular weight is 280 g/mol. The van der Waals surface area contributed by atoms with Gasteiger partial charge >= 0.3 is 0 Å². The molecule has 1 aromatic rings. The zero-order valence-corrected chi connectivity index (χ0v) is 12.5. The summed E-state index contributed by atoms with van der Waals surface area (Å²) in [6, 6.07) is 1.98. The van der Waals surface area contributed by atoms with Crippen LogP contribution in [0.5, 0.6) is 0 Å². The van der Waals surface area contributed by atoms with Crippen LogP contribution < -0.4 is 0 Å². The van der Waals surface area contributed by atoms with E-state index in [9.17, 15) is 4.79 Å². The monoisotopic (exact) mass is 280 g/mol. The van der Waals surface area contributed by atoms with Gasteiger partial charge in [-0.3, -0.25) is 4.79 Å². The predicted octanol–water partition coefficient (Wildman–Crippen LogP) is 2.42. The standard InChI is InChI=1S/C15H24N2O3/c1-10(2)14-8-13(16-20-14)15(19)17(3)12-6-4-11(9-18)5-7-12/h8,10-12,18H,4-7,9H2,1-3H3. The van der Waals surface area contributed by atoms with Gasteiger partial charge in [0.05, 0.1) is 0 Å². The first-order valence-electron chi connectivity index (χ1n) is 7.37. The van der Waals surface area contributed by atoms with Crippen LogP contribution in [0.3, 0.4) is 0 Å². The summed E-state index contributed by atoms with van der Waals surface area (Å²) < 4.78 is 5.19. The largest absolute Gasteiger partial charge is 0.396 e. The van der Waals surface area contributed by atoms with Crippen LogP contribution in [0.4, 0.5) is 0 Å². The van der Waals surface area contributed by atoms with Gasteiger partial charge < -0.3 is 14.5 Å². The van der Waals surface area contributed by atoms with Crippen LogP contribution in [0.2, 0.25) is 0 Å². The Labute approximate surface area is 119 Å². The highest BCUT2D eigenvalue weighted by molar-refractivity contribution is 5.92. The third-order valence-corrected chi connectivity index (χ3v) is 4.26. The molecule has 1 saturated carbocycles. The molecule has 0 radical (unpaired) electrons. The number of nitrogens with zero attached hydrogens (tertiary/aromatic N) is 2. The van der Waals surface area contributed by atoms with Gasteiger partial charge in [-0.15, -0.1) is 0 Å². The number of aliphatic hydroxyl groups is 1. The molecule has 0 unspecified atom stereocenters. The Morgan fingerprint density at radius 3 is 2.60 bits per heavy atom. The molecule has 5 heteroatoms. The van der Waals surface area contributed by atoms with E-state index in [1.807, 2.05) is 20.9 Å². The van der Waals surface area contributed by atoms with Crippen LogP contribution in [0, 0.1) is 5.92 Å². The zero-order valence-electron chi connectivity index (χ0n) is 12.5. The number of carbonyl (C=O) groups excluding carboxylic acids is 1. The van der Waals surface area contributed by atoms with Crippen molar-refractivity contribution in [2.24, 2.45) is 5.92 Å². The van der Waals surface area contributed by atoms with E-state index >= 15 is 0 Å². The van der Waals surface area contributed by atoms with Gasteiger partial charge in [-0.05, 0) is 31.6 Å². The highest BCUT2D eigenvalue weighted by Gasteiger charge is 2.28. The van der Waals surface area contributed by atoms with Crippen LogP contribution in [0.15, 0.2) is 10.6 Å². The topological polar surface area (TPSA) is 66.6 Å². The van der Waals surface area contributed by atoms with Crippen molar-refractivity contribution in [3.05, 3.63) is 17.5 Å². The third-order valence-electron chi connectivity index (χ3n) is 4.26. The first-order chi connectivity index (χ1) is 9.52. The molecule has 0 aliphatic heterocycles. The lowest BCUT2D eigenvalue weighted by Crippen LogP contribution is -2.40. The highest BCUT2D eigenvalue weighted by Crippen LogP contribution is 2.27. The summed E-state index contributed by atoms with van der Waals surface area (Å²) in [6.07, 6.45) is 3.86. The maximum atomic E-state index is 12.4. The number of aliphatic hydroxyl groups excluding tert-OH is 1. The maximum absolute atomic E-state index is 12.4. The molecule has 1 fully saturated rings. The fraction of sp³-hybridized carbons (Fsp3) is 0.733. The molecule has 0 saturated heterocycles. The Balaban J connectivity index is 1.97. The molecular weight excluding hydrogens is 256 g/mol. The number of rotatable bonds is 4. The van der Waals surface area contributed by atoms with E-state index in [0.29, 0.717) is 11.6 Å². The van der Waals surface area contributed by atoms with Crippen LogP contribution in [-0.4, -0.2) is 40.8 Å². The fourth-order valence-electron chi connectivity index (χ4n) is 2.72. The van der Waals surface area contributed by atoms with Crippen molar-refractivity contribution in [2.45, 2.75) is 51.5 Å². The molecule has 1 aromatic heterocycles. The molecule has 1 aliphatic carbocycles. The second kappa shape index (κ2) is 6.39. The van der Waals surface area contributed by atoms with Gasteiger partial charge in [0.2, 0.25) is 0 Å². The van der Waals surface area contributed by atoms with E-state index in [2.05, 4.69) is 5.16 Å². The van der Waals surface area contributed by atoms with Crippen LogP contribution in [0.25, 0.3) is 0 Å². The number of hydrogen-bond donors (Lipinski definition) is 1. The Hall–Kier alpha value is -1.36. The molecule has 0 aromatic carbocycles. The minimum Gasteiger partial charge on any atom is -0.396 e. The highest BCUT2D eigenvalue weighted by atomic mass is 16.5. The average Bonchev–Trinajstić information content (AvgIpc) is 2.96. The SMILES string of the molecule is CC(C)c1cc(C(=O)N(C)C2CCC(CO)CC2)no1. The Kier molecular flexibility index (Phi) is 4.81. The second-order valence-electron chi connectivity index (χ2n) is 6.04. The van der Waals surface area contributed by atoms with Gasteiger partial charge in [-0.25, -0.2) is 0 Å². The lowest BCUT2D eigenvalue weighted by atomic mass is 9.86. The fourth-order valence-corrected chi connectivity index (χ4v) is 2.72. The molecule has 1 heterocycles. The molecule has 0 bridgehead atoms. The van der Waals surface area contributed by atoms with Crippen molar-refractivity contribution in [2.75, 3.05) is 13.7 Å². The number of amides is 1. The van der Waals surface area contributed by atoms with E-state index in [-0.39, 0.29) is 24.5 Å². The third kappa shape index (κ3) is 3.20. The van der Waals surface area contributed by atoms with Crippen molar-refractivity contribution in [1.82, 2.24) is 10.1 Å². The molecule has 2 rings (SSSR count). The van der Waals surface area contributed by atoms with E-state index < -0.39 is 0 Å². The quantitative estimate of drug-likeness (QED) is 0.919. The van der Waals surface area contributed by atoms with Gasteiger partial charge in [-0.2, -0.15) is 0 Å². The van der Waals surface area contributed by atoms with Crippen molar-refractivity contribution >= 4 is 5.91 Å². The first kappa shape index (κ1) is 15.0. The van der Waals surface area contributed by atoms with Gasteiger partial charge in [0.15, 0.2) is 5.69 Å². The van der Waals surface area contributed by atoms with Gasteiger partial charge in [0.25, 0.3) is 5.91 Å². The lowest BCUT2D eigenvalue weighted by molar-refractivity contribution is 0.0642. The molecular formula is C15H24N2O3. The van der Waals surface area contributed by atoms with Gasteiger partial charge in [0.1, 0.15) is 5.76 Å². The Morgan fingerprint density at radius 2 is 2.10 bits per heavy atom. The summed E-state index contributed by atoms with van der Waals surface area (Å²) in [5, 5.41) is 13.0. The molecule has 5 nitrogen and oxygen atoms in total. The number of carbonyl (C=O) groups is 1. The molecule has 20 heavy (non-hydrogen) atoms. The molecule has 112 valence electrons. The molecule has 1 amide bonds. The molecule has 0 atom stereocenters. The zero-order chi connectivity index (χ0) is 14.7. The molecule has 1 aliphatic rings.